The Balaban J connectivity index is 1.93. The molecule has 0 fully saturated rings. The lowest BCUT2D eigenvalue weighted by Crippen LogP contribution is -2.19. The molecule has 3 N–H and O–H groups in total. The number of aliphatic hydroxyl groups is 1. The number of carbonyl (C=O) groups excluding carboxylic acids is 1. The first-order valence-corrected chi connectivity index (χ1v) is 7.26. The largest absolute Gasteiger partial charge is 0.395 e. The van der Waals surface area contributed by atoms with Crippen molar-refractivity contribution in [1.29, 1.82) is 0 Å². The number of benzene rings is 1. The molecule has 0 aliphatic rings. The lowest BCUT2D eigenvalue weighted by Gasteiger charge is -2.05. The Bertz CT molecular complexity index is 691. The lowest BCUT2D eigenvalue weighted by molar-refractivity contribution is 0.262. The molecule has 108 valence electrons. The first kappa shape index (κ1) is 15.3. The molecule has 0 unspecified atom stereocenters. The van der Waals surface area contributed by atoms with Crippen LogP contribution in [0.25, 0.3) is 0 Å². The van der Waals surface area contributed by atoms with Gasteiger partial charge in [0, 0.05) is 17.1 Å². The van der Waals surface area contributed by atoms with E-state index in [2.05, 4.69) is 27.5 Å². The zero-order chi connectivity index (χ0) is 15.1. The van der Waals surface area contributed by atoms with Gasteiger partial charge in [-0.15, -0.1) is 0 Å². The highest BCUT2D eigenvalue weighted by atomic mass is 35.5. The van der Waals surface area contributed by atoms with Crippen molar-refractivity contribution < 1.29 is 9.90 Å². The molecule has 7 heteroatoms. The molecular formula is C14H12ClN3O2S. The molecule has 0 spiro atoms. The van der Waals surface area contributed by atoms with Crippen LogP contribution in [0.1, 0.15) is 11.3 Å². The van der Waals surface area contributed by atoms with Crippen LogP contribution >= 0.6 is 22.9 Å². The Hall–Kier alpha value is -2.07. The van der Waals surface area contributed by atoms with Crippen molar-refractivity contribution in [3.63, 3.8) is 0 Å². The number of amides is 2. The van der Waals surface area contributed by atoms with Gasteiger partial charge in [-0.25, -0.2) is 9.78 Å². The van der Waals surface area contributed by atoms with E-state index in [1.807, 2.05) is 0 Å². The molecule has 2 rings (SSSR count). The van der Waals surface area contributed by atoms with E-state index in [0.717, 1.165) is 4.88 Å². The van der Waals surface area contributed by atoms with E-state index in [9.17, 15) is 4.79 Å². The highest BCUT2D eigenvalue weighted by Crippen LogP contribution is 2.18. The van der Waals surface area contributed by atoms with Crippen molar-refractivity contribution in [2.24, 2.45) is 0 Å². The minimum Gasteiger partial charge on any atom is -0.395 e. The number of thiazole rings is 1. The van der Waals surface area contributed by atoms with Gasteiger partial charge in [0.1, 0.15) is 0 Å². The quantitative estimate of drug-likeness (QED) is 0.760. The number of urea groups is 1. The molecule has 1 heterocycles. The van der Waals surface area contributed by atoms with Crippen LogP contribution in [0, 0.1) is 11.8 Å². The third kappa shape index (κ3) is 5.08. The summed E-state index contributed by atoms with van der Waals surface area (Å²) < 4.78 is 0. The number of nitrogens with zero attached hydrogens (tertiary/aromatic N) is 1. The van der Waals surface area contributed by atoms with Crippen molar-refractivity contribution in [3.05, 3.63) is 40.4 Å². The van der Waals surface area contributed by atoms with Crippen LogP contribution in [-0.4, -0.2) is 22.7 Å². The zero-order valence-electron chi connectivity index (χ0n) is 10.9. The van der Waals surface area contributed by atoms with E-state index < -0.39 is 6.03 Å². The van der Waals surface area contributed by atoms with E-state index in [4.69, 9.17) is 16.7 Å². The molecule has 0 radical (unpaired) electrons. The van der Waals surface area contributed by atoms with Crippen LogP contribution in [0.15, 0.2) is 30.5 Å². The summed E-state index contributed by atoms with van der Waals surface area (Å²) in [5.41, 5.74) is 0.597. The molecule has 21 heavy (non-hydrogen) atoms. The van der Waals surface area contributed by atoms with Crippen LogP contribution in [0.5, 0.6) is 0 Å². The number of nitrogens with one attached hydrogen (secondary N) is 2. The van der Waals surface area contributed by atoms with E-state index in [1.165, 1.54) is 11.3 Å². The second kappa shape index (κ2) is 7.64. The molecule has 0 aliphatic carbocycles. The average Bonchev–Trinajstić information content (AvgIpc) is 2.86. The van der Waals surface area contributed by atoms with Crippen molar-refractivity contribution in [2.45, 2.75) is 6.42 Å². The number of anilines is 2. The van der Waals surface area contributed by atoms with E-state index >= 15 is 0 Å². The van der Waals surface area contributed by atoms with Crippen LogP contribution in [0.2, 0.25) is 5.02 Å². The molecule has 2 aromatic rings. The first-order valence-electron chi connectivity index (χ1n) is 6.06. The second-order valence-electron chi connectivity index (χ2n) is 3.89. The lowest BCUT2D eigenvalue weighted by atomic mass is 10.3. The van der Waals surface area contributed by atoms with Crippen LogP contribution in [-0.2, 0) is 0 Å². The van der Waals surface area contributed by atoms with Crippen molar-refractivity contribution in [2.75, 3.05) is 17.2 Å². The van der Waals surface area contributed by atoms with Crippen molar-refractivity contribution >= 4 is 39.8 Å². The zero-order valence-corrected chi connectivity index (χ0v) is 12.5. The van der Waals surface area contributed by atoms with Gasteiger partial charge in [-0.3, -0.25) is 5.32 Å². The maximum Gasteiger partial charge on any atom is 0.325 e. The highest BCUT2D eigenvalue weighted by Gasteiger charge is 2.06. The van der Waals surface area contributed by atoms with E-state index in [0.29, 0.717) is 22.3 Å². The summed E-state index contributed by atoms with van der Waals surface area (Å²) in [6, 6.07) is 6.45. The Morgan fingerprint density at radius 3 is 3.05 bits per heavy atom. The Morgan fingerprint density at radius 1 is 1.43 bits per heavy atom. The number of halogens is 1. The molecule has 0 atom stereocenters. The van der Waals surface area contributed by atoms with E-state index in [-0.39, 0.29) is 6.61 Å². The SMILES string of the molecule is O=C(Nc1cccc(Cl)c1)Nc1ncc(C#CCCO)s1. The molecule has 1 aromatic heterocycles. The Kier molecular flexibility index (Phi) is 5.58. The fourth-order valence-corrected chi connectivity index (χ4v) is 2.30. The number of aliphatic hydroxyl groups excluding tert-OH is 1. The summed E-state index contributed by atoms with van der Waals surface area (Å²) in [6.45, 7) is 0.0267. The monoisotopic (exact) mass is 321 g/mol. The third-order valence-electron chi connectivity index (χ3n) is 2.26. The first-order chi connectivity index (χ1) is 10.2. The van der Waals surface area contributed by atoms with Gasteiger partial charge in [-0.05, 0) is 18.2 Å². The Labute approximate surface area is 131 Å². The maximum absolute atomic E-state index is 11.8. The van der Waals surface area contributed by atoms with Gasteiger partial charge in [0.05, 0.1) is 17.7 Å². The molecule has 0 bridgehead atoms. The summed E-state index contributed by atoms with van der Waals surface area (Å²) in [4.78, 5) is 16.6. The summed E-state index contributed by atoms with van der Waals surface area (Å²) in [7, 11) is 0. The smallest absolute Gasteiger partial charge is 0.325 e. The van der Waals surface area contributed by atoms with Gasteiger partial charge in [-0.1, -0.05) is 40.8 Å². The maximum atomic E-state index is 11.8. The van der Waals surface area contributed by atoms with Crippen LogP contribution in [0.3, 0.4) is 0 Å². The standard InChI is InChI=1S/C14H12ClN3O2S/c15-10-4-3-5-11(8-10)17-13(20)18-14-16-9-12(21-14)6-1-2-7-19/h3-5,8-9,19H,2,7H2,(H2,16,17,18,20). The number of aromatic nitrogens is 1. The van der Waals surface area contributed by atoms with Gasteiger partial charge in [-0.2, -0.15) is 0 Å². The predicted octanol–water partition coefficient (Wildman–Crippen LogP) is 3.17. The summed E-state index contributed by atoms with van der Waals surface area (Å²) in [5, 5.41) is 14.9. The van der Waals surface area contributed by atoms with Gasteiger partial charge < -0.3 is 10.4 Å². The summed E-state index contributed by atoms with van der Waals surface area (Å²) in [5.74, 6) is 5.64. The molecule has 1 aromatic carbocycles. The van der Waals surface area contributed by atoms with Crippen LogP contribution in [0.4, 0.5) is 15.6 Å². The topological polar surface area (TPSA) is 74.2 Å². The Morgan fingerprint density at radius 2 is 2.29 bits per heavy atom. The molecule has 5 nitrogen and oxygen atoms in total. The fraction of sp³-hybridized carbons (Fsp3) is 0.143. The number of rotatable bonds is 3. The molecule has 0 saturated heterocycles. The number of hydrogen-bond donors (Lipinski definition) is 3. The third-order valence-corrected chi connectivity index (χ3v) is 3.32. The number of hydrogen-bond acceptors (Lipinski definition) is 4. The van der Waals surface area contributed by atoms with Gasteiger partial charge in [0.25, 0.3) is 0 Å². The number of carbonyl (C=O) groups is 1. The highest BCUT2D eigenvalue weighted by molar-refractivity contribution is 7.16. The summed E-state index contributed by atoms with van der Waals surface area (Å²) in [6.07, 6.45) is 1.99. The molecule has 0 saturated carbocycles. The van der Waals surface area contributed by atoms with Gasteiger partial charge in [0.2, 0.25) is 0 Å². The molecule has 2 amide bonds. The normalized spacial score (nSPS) is 9.62. The minimum atomic E-state index is -0.401. The van der Waals surface area contributed by atoms with Crippen molar-refractivity contribution in [1.82, 2.24) is 4.98 Å². The molecule has 0 aliphatic heterocycles. The predicted molar refractivity (Wildman–Crippen MR) is 84.8 cm³/mol. The second-order valence-corrected chi connectivity index (χ2v) is 5.36. The van der Waals surface area contributed by atoms with Gasteiger partial charge >= 0.3 is 6.03 Å². The van der Waals surface area contributed by atoms with Gasteiger partial charge in [0.15, 0.2) is 5.13 Å². The summed E-state index contributed by atoms with van der Waals surface area (Å²) >= 11 is 7.10. The van der Waals surface area contributed by atoms with E-state index in [1.54, 1.807) is 30.5 Å². The average molecular weight is 322 g/mol. The van der Waals surface area contributed by atoms with Crippen LogP contribution < -0.4 is 10.6 Å². The fourth-order valence-electron chi connectivity index (χ4n) is 1.42. The minimum absolute atomic E-state index is 0.0267. The molecular weight excluding hydrogens is 310 g/mol. The van der Waals surface area contributed by atoms with Crippen molar-refractivity contribution in [3.8, 4) is 11.8 Å².